The van der Waals surface area contributed by atoms with Crippen LogP contribution in [-0.2, 0) is 11.2 Å². The molecule has 2 aromatic carbocycles. The van der Waals surface area contributed by atoms with Crippen LogP contribution in [0.25, 0.3) is 0 Å². The SMILES string of the molecule is O=C(c1ccc(F)cc1)N(CC(=O)N1CCc2sccc2C1COc1ccccc1F)C1CC1. The van der Waals surface area contributed by atoms with Crippen LogP contribution < -0.4 is 4.74 Å². The summed E-state index contributed by atoms with van der Waals surface area (Å²) in [5.74, 6) is -1.18. The van der Waals surface area contributed by atoms with Gasteiger partial charge in [-0.3, -0.25) is 9.59 Å². The standard InChI is InChI=1S/C26H24F2N2O3S/c27-18-7-5-17(6-8-18)26(32)30(19-9-10-19)15-25(31)29-13-11-24-20(12-14-34-24)22(29)16-33-23-4-2-1-3-21(23)28/h1-8,12,14,19,22H,9-11,13,15-16H2. The highest BCUT2D eigenvalue weighted by atomic mass is 32.1. The summed E-state index contributed by atoms with van der Waals surface area (Å²) in [7, 11) is 0. The van der Waals surface area contributed by atoms with Gasteiger partial charge in [0, 0.05) is 23.0 Å². The normalized spacial score (nSPS) is 17.2. The van der Waals surface area contributed by atoms with E-state index in [0.717, 1.165) is 24.8 Å². The van der Waals surface area contributed by atoms with Gasteiger partial charge in [0.05, 0.1) is 6.04 Å². The summed E-state index contributed by atoms with van der Waals surface area (Å²) in [6, 6.07) is 13.2. The predicted octanol–water partition coefficient (Wildman–Crippen LogP) is 4.84. The fraction of sp³-hybridized carbons (Fsp3) is 0.308. The number of nitrogens with zero attached hydrogens (tertiary/aromatic N) is 2. The first kappa shape index (κ1) is 22.5. The lowest BCUT2D eigenvalue weighted by Crippen LogP contribution is -2.48. The van der Waals surface area contributed by atoms with Gasteiger partial charge in [0.25, 0.3) is 5.91 Å². The third-order valence-electron chi connectivity index (χ3n) is 6.29. The average molecular weight is 483 g/mol. The Bertz CT molecular complexity index is 1190. The van der Waals surface area contributed by atoms with Crippen LogP contribution in [-0.4, -0.2) is 47.4 Å². The topological polar surface area (TPSA) is 49.9 Å². The molecule has 1 fully saturated rings. The average Bonchev–Trinajstić information content (AvgIpc) is 3.57. The van der Waals surface area contributed by atoms with Crippen LogP contribution in [0.15, 0.2) is 60.0 Å². The molecular weight excluding hydrogens is 458 g/mol. The molecule has 0 spiro atoms. The van der Waals surface area contributed by atoms with E-state index in [-0.39, 0.29) is 42.8 Å². The van der Waals surface area contributed by atoms with E-state index in [1.54, 1.807) is 39.3 Å². The molecule has 1 aliphatic carbocycles. The molecule has 0 bridgehead atoms. The summed E-state index contributed by atoms with van der Waals surface area (Å²) >= 11 is 1.64. The minimum atomic E-state index is -0.452. The van der Waals surface area contributed by atoms with E-state index in [1.165, 1.54) is 35.2 Å². The van der Waals surface area contributed by atoms with E-state index in [4.69, 9.17) is 4.74 Å². The zero-order valence-corrected chi connectivity index (χ0v) is 19.3. The molecular formula is C26H24F2N2O3S. The van der Waals surface area contributed by atoms with Crippen LogP contribution >= 0.6 is 11.3 Å². The largest absolute Gasteiger partial charge is 0.488 e. The number of thiophene rings is 1. The lowest BCUT2D eigenvalue weighted by Gasteiger charge is -2.37. The molecule has 2 aliphatic rings. The number of ether oxygens (including phenoxy) is 1. The molecule has 1 saturated carbocycles. The third-order valence-corrected chi connectivity index (χ3v) is 7.29. The maximum Gasteiger partial charge on any atom is 0.254 e. The van der Waals surface area contributed by atoms with Gasteiger partial charge in [0.2, 0.25) is 5.91 Å². The van der Waals surface area contributed by atoms with Gasteiger partial charge in [-0.1, -0.05) is 12.1 Å². The smallest absolute Gasteiger partial charge is 0.254 e. The van der Waals surface area contributed by atoms with Crippen molar-refractivity contribution in [3.05, 3.63) is 87.6 Å². The van der Waals surface area contributed by atoms with Crippen molar-refractivity contribution in [1.82, 2.24) is 9.80 Å². The molecule has 1 aliphatic heterocycles. The Morgan fingerprint density at radius 3 is 2.56 bits per heavy atom. The molecule has 0 radical (unpaired) electrons. The van der Waals surface area contributed by atoms with Gasteiger partial charge in [-0.25, -0.2) is 8.78 Å². The summed E-state index contributed by atoms with van der Waals surface area (Å²) in [5.41, 5.74) is 1.36. The van der Waals surface area contributed by atoms with E-state index < -0.39 is 11.6 Å². The molecule has 2 amide bonds. The van der Waals surface area contributed by atoms with Gasteiger partial charge in [-0.15, -0.1) is 11.3 Å². The minimum absolute atomic E-state index is 0.0103. The lowest BCUT2D eigenvalue weighted by atomic mass is 10.0. The van der Waals surface area contributed by atoms with E-state index >= 15 is 0 Å². The third kappa shape index (κ3) is 4.68. The van der Waals surface area contributed by atoms with Crippen LogP contribution in [0, 0.1) is 11.6 Å². The Hall–Kier alpha value is -3.26. The minimum Gasteiger partial charge on any atom is -0.488 e. The molecule has 1 unspecified atom stereocenters. The molecule has 8 heteroatoms. The highest BCUT2D eigenvalue weighted by Crippen LogP contribution is 2.35. The number of hydrogen-bond acceptors (Lipinski definition) is 4. The summed E-state index contributed by atoms with van der Waals surface area (Å²) < 4.78 is 33.2. The first-order valence-corrected chi connectivity index (χ1v) is 12.2. The Kier molecular flexibility index (Phi) is 6.32. The number of rotatable bonds is 7. The van der Waals surface area contributed by atoms with Crippen molar-refractivity contribution in [1.29, 1.82) is 0 Å². The van der Waals surface area contributed by atoms with Crippen molar-refractivity contribution >= 4 is 23.2 Å². The second-order valence-corrected chi connectivity index (χ2v) is 9.57. The Balaban J connectivity index is 1.34. The molecule has 0 saturated heterocycles. The molecule has 5 nitrogen and oxygen atoms in total. The van der Waals surface area contributed by atoms with E-state index in [0.29, 0.717) is 12.1 Å². The first-order valence-electron chi connectivity index (χ1n) is 11.3. The quantitative estimate of drug-likeness (QED) is 0.485. The number of benzene rings is 2. The van der Waals surface area contributed by atoms with E-state index in [2.05, 4.69) is 0 Å². The lowest BCUT2D eigenvalue weighted by molar-refractivity contribution is -0.135. The fourth-order valence-electron chi connectivity index (χ4n) is 4.35. The maximum absolute atomic E-state index is 14.1. The van der Waals surface area contributed by atoms with Crippen LogP contribution in [0.3, 0.4) is 0 Å². The maximum atomic E-state index is 14.1. The number of amides is 2. The van der Waals surface area contributed by atoms with Gasteiger partial charge in [-0.05, 0) is 72.7 Å². The Morgan fingerprint density at radius 2 is 1.82 bits per heavy atom. The van der Waals surface area contributed by atoms with E-state index in [9.17, 15) is 18.4 Å². The van der Waals surface area contributed by atoms with Crippen LogP contribution in [0.1, 0.15) is 39.7 Å². The van der Waals surface area contributed by atoms with Gasteiger partial charge in [0.15, 0.2) is 11.6 Å². The van der Waals surface area contributed by atoms with Crippen molar-refractivity contribution in [2.45, 2.75) is 31.3 Å². The van der Waals surface area contributed by atoms with Crippen molar-refractivity contribution < 1.29 is 23.1 Å². The molecule has 0 N–H and O–H groups in total. The van der Waals surface area contributed by atoms with Crippen molar-refractivity contribution in [3.8, 4) is 5.75 Å². The van der Waals surface area contributed by atoms with Crippen LogP contribution in [0.4, 0.5) is 8.78 Å². The van der Waals surface area contributed by atoms with Gasteiger partial charge >= 0.3 is 0 Å². The second kappa shape index (κ2) is 9.54. The molecule has 176 valence electrons. The Labute approximate surface area is 200 Å². The van der Waals surface area contributed by atoms with Crippen molar-refractivity contribution in [3.63, 3.8) is 0 Å². The van der Waals surface area contributed by atoms with Crippen LogP contribution in [0.2, 0.25) is 0 Å². The zero-order valence-electron chi connectivity index (χ0n) is 18.5. The Morgan fingerprint density at radius 1 is 1.06 bits per heavy atom. The first-order chi connectivity index (χ1) is 16.5. The van der Waals surface area contributed by atoms with Gasteiger partial charge < -0.3 is 14.5 Å². The van der Waals surface area contributed by atoms with Crippen molar-refractivity contribution in [2.24, 2.45) is 0 Å². The molecule has 34 heavy (non-hydrogen) atoms. The van der Waals surface area contributed by atoms with Gasteiger partial charge in [-0.2, -0.15) is 0 Å². The number of carbonyl (C=O) groups is 2. The van der Waals surface area contributed by atoms with E-state index in [1.807, 2.05) is 11.4 Å². The number of halogens is 2. The highest BCUT2D eigenvalue weighted by molar-refractivity contribution is 7.10. The predicted molar refractivity (Wildman–Crippen MR) is 125 cm³/mol. The molecule has 2 heterocycles. The number of hydrogen-bond donors (Lipinski definition) is 0. The number of para-hydroxylation sites is 1. The molecule has 1 atom stereocenters. The van der Waals surface area contributed by atoms with Crippen LogP contribution in [0.5, 0.6) is 5.75 Å². The zero-order chi connectivity index (χ0) is 23.7. The molecule has 1 aromatic heterocycles. The fourth-order valence-corrected chi connectivity index (χ4v) is 5.28. The summed E-state index contributed by atoms with van der Waals surface area (Å²) in [6.07, 6.45) is 2.41. The summed E-state index contributed by atoms with van der Waals surface area (Å²) in [5, 5.41) is 1.99. The van der Waals surface area contributed by atoms with Crippen molar-refractivity contribution in [2.75, 3.05) is 19.7 Å². The molecule has 3 aromatic rings. The molecule has 5 rings (SSSR count). The summed E-state index contributed by atoms with van der Waals surface area (Å²) in [4.78, 5) is 31.1. The monoisotopic (exact) mass is 482 g/mol. The second-order valence-electron chi connectivity index (χ2n) is 8.56. The number of fused-ring (bicyclic) bond motifs is 1. The highest BCUT2D eigenvalue weighted by Gasteiger charge is 2.38. The van der Waals surface area contributed by atoms with Gasteiger partial charge in [0.1, 0.15) is 19.0 Å². The summed E-state index contributed by atoms with van der Waals surface area (Å²) in [6.45, 7) is 0.559. The number of carbonyl (C=O) groups excluding carboxylic acids is 2.